The zero-order valence-electron chi connectivity index (χ0n) is 31.1. The summed E-state index contributed by atoms with van der Waals surface area (Å²) in [6.07, 6.45) is 4.21. The molecule has 0 unspecified atom stereocenters. The summed E-state index contributed by atoms with van der Waals surface area (Å²) >= 11 is 0. The Morgan fingerprint density at radius 2 is 0.893 bits per heavy atom. The second-order valence-corrected chi connectivity index (χ2v) is 15.2. The second kappa shape index (κ2) is 13.2. The first-order chi connectivity index (χ1) is 27.8. The molecule has 0 radical (unpaired) electrons. The molecule has 0 N–H and O–H groups in total. The van der Waals surface area contributed by atoms with Gasteiger partial charge in [0.15, 0.2) is 0 Å². The molecular formula is C53H40N2O. The van der Waals surface area contributed by atoms with Gasteiger partial charge in [0, 0.05) is 44.9 Å². The van der Waals surface area contributed by atoms with Gasteiger partial charge < -0.3 is 14.2 Å². The van der Waals surface area contributed by atoms with Gasteiger partial charge in [-0.3, -0.25) is 0 Å². The molecule has 2 aliphatic carbocycles. The Morgan fingerprint density at radius 3 is 1.48 bits per heavy atom. The van der Waals surface area contributed by atoms with E-state index in [-0.39, 0.29) is 5.41 Å². The van der Waals surface area contributed by atoms with Gasteiger partial charge in [0.05, 0.1) is 17.1 Å². The predicted molar refractivity (Wildman–Crippen MR) is 232 cm³/mol. The fraction of sp³-hybridized carbons (Fsp3) is 0.0943. The number of para-hydroxylation sites is 4. The Kier molecular flexibility index (Phi) is 7.67. The minimum Gasteiger partial charge on any atom is -0.456 e. The average molecular weight is 721 g/mol. The molecule has 56 heavy (non-hydrogen) atoms. The predicted octanol–water partition coefficient (Wildman–Crippen LogP) is 14.4. The SMILES string of the molecule is c1ccc(-c2cc3c(cc2N(c2ccccc2)c2cccc4c2[C@]2(CCc5cccc(N(c6ccccc6)c6ccccc6)c52)CC4)oc2ccccc23)cc1. The van der Waals surface area contributed by atoms with E-state index in [4.69, 9.17) is 4.42 Å². The molecule has 1 aromatic heterocycles. The normalized spacial score (nSPS) is 15.6. The van der Waals surface area contributed by atoms with Crippen molar-refractivity contribution in [3.05, 3.63) is 216 Å². The molecule has 0 amide bonds. The zero-order valence-corrected chi connectivity index (χ0v) is 31.1. The van der Waals surface area contributed by atoms with Crippen molar-refractivity contribution in [3.8, 4) is 11.1 Å². The molecule has 268 valence electrons. The highest BCUT2D eigenvalue weighted by Crippen LogP contribution is 2.60. The van der Waals surface area contributed by atoms with Crippen LogP contribution in [0.3, 0.4) is 0 Å². The van der Waals surface area contributed by atoms with Gasteiger partial charge >= 0.3 is 0 Å². The van der Waals surface area contributed by atoms with Crippen LogP contribution in [0, 0.1) is 0 Å². The van der Waals surface area contributed by atoms with Crippen molar-refractivity contribution in [2.24, 2.45) is 0 Å². The summed E-state index contributed by atoms with van der Waals surface area (Å²) in [5.74, 6) is 0. The molecule has 1 atom stereocenters. The van der Waals surface area contributed by atoms with Crippen LogP contribution in [0.25, 0.3) is 33.1 Å². The molecule has 3 heteroatoms. The molecule has 0 saturated carbocycles. The summed E-state index contributed by atoms with van der Waals surface area (Å²) in [5, 5.41) is 2.26. The summed E-state index contributed by atoms with van der Waals surface area (Å²) in [5.41, 5.74) is 16.8. The highest BCUT2D eigenvalue weighted by Gasteiger charge is 2.49. The molecule has 1 spiro atoms. The summed E-state index contributed by atoms with van der Waals surface area (Å²) in [6, 6.07) is 70.5. The van der Waals surface area contributed by atoms with E-state index in [9.17, 15) is 0 Å². The van der Waals surface area contributed by atoms with Crippen molar-refractivity contribution >= 4 is 56.1 Å². The van der Waals surface area contributed by atoms with Crippen LogP contribution in [-0.2, 0) is 18.3 Å². The summed E-state index contributed by atoms with van der Waals surface area (Å²) in [6.45, 7) is 0. The molecule has 1 heterocycles. The number of furan rings is 1. The fourth-order valence-electron chi connectivity index (χ4n) is 9.87. The molecule has 0 fully saturated rings. The van der Waals surface area contributed by atoms with Crippen molar-refractivity contribution in [3.63, 3.8) is 0 Å². The lowest BCUT2D eigenvalue weighted by atomic mass is 9.74. The van der Waals surface area contributed by atoms with Gasteiger partial charge in [-0.2, -0.15) is 0 Å². The first-order valence-electron chi connectivity index (χ1n) is 19.8. The van der Waals surface area contributed by atoms with Crippen LogP contribution in [0.1, 0.15) is 35.1 Å². The Balaban J connectivity index is 1.18. The molecule has 0 aliphatic heterocycles. The first-order valence-corrected chi connectivity index (χ1v) is 19.8. The van der Waals surface area contributed by atoms with E-state index in [1.54, 1.807) is 0 Å². The molecular weight excluding hydrogens is 681 g/mol. The third-order valence-corrected chi connectivity index (χ3v) is 12.2. The van der Waals surface area contributed by atoms with Gasteiger partial charge in [-0.05, 0) is 114 Å². The van der Waals surface area contributed by atoms with Crippen molar-refractivity contribution in [1.29, 1.82) is 0 Å². The lowest BCUT2D eigenvalue weighted by molar-refractivity contribution is 0.508. The number of aryl methyl sites for hydroxylation is 2. The van der Waals surface area contributed by atoms with Gasteiger partial charge in [0.1, 0.15) is 11.2 Å². The minimum absolute atomic E-state index is 0.178. The Hall–Kier alpha value is -6.84. The molecule has 9 aromatic rings. The Morgan fingerprint density at radius 1 is 0.393 bits per heavy atom. The quantitative estimate of drug-likeness (QED) is 0.163. The van der Waals surface area contributed by atoms with E-state index in [2.05, 4.69) is 204 Å². The van der Waals surface area contributed by atoms with Crippen molar-refractivity contribution in [1.82, 2.24) is 0 Å². The summed E-state index contributed by atoms with van der Waals surface area (Å²) in [4.78, 5) is 5.00. The van der Waals surface area contributed by atoms with Gasteiger partial charge in [-0.15, -0.1) is 0 Å². The summed E-state index contributed by atoms with van der Waals surface area (Å²) in [7, 11) is 0. The second-order valence-electron chi connectivity index (χ2n) is 15.2. The largest absolute Gasteiger partial charge is 0.456 e. The van der Waals surface area contributed by atoms with Gasteiger partial charge in [-0.25, -0.2) is 0 Å². The fourth-order valence-corrected chi connectivity index (χ4v) is 9.87. The van der Waals surface area contributed by atoms with Gasteiger partial charge in [0.2, 0.25) is 0 Å². The van der Waals surface area contributed by atoms with Crippen LogP contribution in [0.15, 0.2) is 199 Å². The van der Waals surface area contributed by atoms with Crippen molar-refractivity contribution < 1.29 is 4.42 Å². The molecule has 0 bridgehead atoms. The molecule has 3 nitrogen and oxygen atoms in total. The van der Waals surface area contributed by atoms with Gasteiger partial charge in [0.25, 0.3) is 0 Å². The van der Waals surface area contributed by atoms with Crippen LogP contribution in [0.5, 0.6) is 0 Å². The van der Waals surface area contributed by atoms with E-state index >= 15 is 0 Å². The zero-order chi connectivity index (χ0) is 37.1. The Labute approximate surface area is 327 Å². The number of nitrogens with zero attached hydrogens (tertiary/aromatic N) is 2. The van der Waals surface area contributed by atoms with E-state index in [0.717, 1.165) is 59.0 Å². The number of hydrogen-bond acceptors (Lipinski definition) is 3. The first kappa shape index (κ1) is 32.6. The van der Waals surface area contributed by atoms with E-state index in [1.807, 2.05) is 0 Å². The number of benzene rings is 8. The molecule has 11 rings (SSSR count). The smallest absolute Gasteiger partial charge is 0.137 e. The topological polar surface area (TPSA) is 19.6 Å². The van der Waals surface area contributed by atoms with Crippen LogP contribution in [0.4, 0.5) is 34.1 Å². The lowest BCUT2D eigenvalue weighted by Gasteiger charge is -2.37. The number of hydrogen-bond donors (Lipinski definition) is 0. The number of rotatable bonds is 7. The van der Waals surface area contributed by atoms with Crippen molar-refractivity contribution in [2.45, 2.75) is 31.1 Å². The van der Waals surface area contributed by atoms with Crippen LogP contribution in [-0.4, -0.2) is 0 Å². The number of anilines is 6. The third-order valence-electron chi connectivity index (χ3n) is 12.2. The van der Waals surface area contributed by atoms with Crippen LogP contribution < -0.4 is 9.80 Å². The monoisotopic (exact) mass is 720 g/mol. The Bertz CT molecular complexity index is 2820. The minimum atomic E-state index is -0.178. The molecule has 0 saturated heterocycles. The van der Waals surface area contributed by atoms with E-state index < -0.39 is 0 Å². The maximum Gasteiger partial charge on any atom is 0.137 e. The van der Waals surface area contributed by atoms with E-state index in [1.165, 1.54) is 56.1 Å². The van der Waals surface area contributed by atoms with E-state index in [0.29, 0.717) is 0 Å². The molecule has 2 aliphatic rings. The number of fused-ring (bicyclic) bond motifs is 7. The summed E-state index contributed by atoms with van der Waals surface area (Å²) < 4.78 is 6.63. The van der Waals surface area contributed by atoms with Crippen molar-refractivity contribution in [2.75, 3.05) is 9.80 Å². The lowest BCUT2D eigenvalue weighted by Crippen LogP contribution is -2.27. The highest BCUT2D eigenvalue weighted by molar-refractivity contribution is 6.09. The van der Waals surface area contributed by atoms with Gasteiger partial charge in [-0.1, -0.05) is 127 Å². The maximum absolute atomic E-state index is 6.63. The van der Waals surface area contributed by atoms with Crippen LogP contribution in [0.2, 0.25) is 0 Å². The molecule has 8 aromatic carbocycles. The highest BCUT2D eigenvalue weighted by atomic mass is 16.3. The van der Waals surface area contributed by atoms with Crippen LogP contribution >= 0.6 is 0 Å². The third kappa shape index (κ3) is 5.12. The maximum atomic E-state index is 6.63. The average Bonchev–Trinajstić information content (AvgIpc) is 3.96. The standard InChI is InChI=1S/C53H40N2O/c1-5-17-37(18-6-1)44-35-45-43-27-13-14-30-49(43)56-50(45)36-48(44)55(42-25-11-4-12-26-42)47-29-16-20-39-32-34-53(52(39)47)33-31-38-19-15-28-46(51(38)53)54(40-21-7-2-8-22-40)41-23-9-3-10-24-41/h1-30,35-36H,31-34H2/t53-/m1/s1.